The van der Waals surface area contributed by atoms with E-state index in [2.05, 4.69) is 53.2 Å². The van der Waals surface area contributed by atoms with E-state index in [0.29, 0.717) is 10.4 Å². The molecule has 2 rings (SSSR count). The van der Waals surface area contributed by atoms with Crippen LogP contribution in [0.1, 0.15) is 22.9 Å². The number of nitrogens with zero attached hydrogens (tertiary/aromatic N) is 1. The van der Waals surface area contributed by atoms with Crippen molar-refractivity contribution in [1.82, 2.24) is 0 Å². The van der Waals surface area contributed by atoms with Crippen LogP contribution in [0.4, 0.5) is 0 Å². The van der Waals surface area contributed by atoms with Gasteiger partial charge in [-0.2, -0.15) is 5.26 Å². The number of benzene rings is 2. The average Bonchev–Trinajstić information content (AvgIpc) is 2.39. The van der Waals surface area contributed by atoms with E-state index >= 15 is 0 Å². The van der Waals surface area contributed by atoms with Crippen molar-refractivity contribution in [2.75, 3.05) is 0 Å². The highest BCUT2D eigenvalue weighted by Gasteiger charge is 2.05. The van der Waals surface area contributed by atoms with E-state index in [-0.39, 0.29) is 0 Å². The molecule has 0 saturated carbocycles. The number of nitriles is 1. The van der Waals surface area contributed by atoms with Crippen LogP contribution in [0.5, 0.6) is 0 Å². The quantitative estimate of drug-likeness (QED) is 0.735. The molecule has 0 heterocycles. The van der Waals surface area contributed by atoms with Gasteiger partial charge in [-0.3, -0.25) is 0 Å². The maximum Gasteiger partial charge on any atom is 0.0998 e. The van der Waals surface area contributed by atoms with Crippen molar-refractivity contribution in [3.63, 3.8) is 0 Å². The number of alkyl halides is 1. The SMILES string of the molecule is C[C@@H](Br)c1ccc(-c2ccccc2C#N)cc1. The highest BCUT2D eigenvalue weighted by molar-refractivity contribution is 9.09. The Kier molecular flexibility index (Phi) is 3.61. The minimum absolute atomic E-state index is 0.350. The van der Waals surface area contributed by atoms with Crippen molar-refractivity contribution in [2.24, 2.45) is 0 Å². The molecule has 0 spiro atoms. The summed E-state index contributed by atoms with van der Waals surface area (Å²) in [4.78, 5) is 0.350. The van der Waals surface area contributed by atoms with E-state index in [1.165, 1.54) is 5.56 Å². The molecule has 0 unspecified atom stereocenters. The van der Waals surface area contributed by atoms with Gasteiger partial charge in [-0.05, 0) is 29.7 Å². The zero-order valence-corrected chi connectivity index (χ0v) is 11.1. The molecule has 17 heavy (non-hydrogen) atoms. The van der Waals surface area contributed by atoms with Crippen LogP contribution in [-0.4, -0.2) is 0 Å². The zero-order chi connectivity index (χ0) is 12.3. The van der Waals surface area contributed by atoms with Gasteiger partial charge >= 0.3 is 0 Å². The van der Waals surface area contributed by atoms with Crippen molar-refractivity contribution >= 4 is 15.9 Å². The smallest absolute Gasteiger partial charge is 0.0998 e. The van der Waals surface area contributed by atoms with Gasteiger partial charge in [0.05, 0.1) is 11.6 Å². The van der Waals surface area contributed by atoms with E-state index in [9.17, 15) is 0 Å². The monoisotopic (exact) mass is 285 g/mol. The molecule has 84 valence electrons. The fourth-order valence-corrected chi connectivity index (χ4v) is 2.07. The predicted octanol–water partition coefficient (Wildman–Crippen LogP) is 4.68. The highest BCUT2D eigenvalue weighted by Crippen LogP contribution is 2.27. The second-order valence-electron chi connectivity index (χ2n) is 3.90. The van der Waals surface area contributed by atoms with Crippen molar-refractivity contribution in [1.29, 1.82) is 5.26 Å². The van der Waals surface area contributed by atoms with Gasteiger partial charge in [0.2, 0.25) is 0 Å². The van der Waals surface area contributed by atoms with E-state index in [4.69, 9.17) is 5.26 Å². The van der Waals surface area contributed by atoms with Gasteiger partial charge in [-0.25, -0.2) is 0 Å². The van der Waals surface area contributed by atoms with Crippen molar-refractivity contribution in [2.45, 2.75) is 11.8 Å². The van der Waals surface area contributed by atoms with Gasteiger partial charge in [-0.15, -0.1) is 0 Å². The van der Waals surface area contributed by atoms with Gasteiger partial charge in [-0.1, -0.05) is 58.4 Å². The molecule has 2 aromatic rings. The van der Waals surface area contributed by atoms with Gasteiger partial charge in [0.25, 0.3) is 0 Å². The molecule has 1 nitrogen and oxygen atoms in total. The molecule has 0 fully saturated rings. The van der Waals surface area contributed by atoms with Crippen LogP contribution in [0.25, 0.3) is 11.1 Å². The maximum absolute atomic E-state index is 9.07. The first kappa shape index (κ1) is 11.9. The van der Waals surface area contributed by atoms with Crippen LogP contribution in [0, 0.1) is 11.3 Å². The number of halogens is 1. The third-order valence-electron chi connectivity index (χ3n) is 2.73. The molecule has 0 radical (unpaired) electrons. The van der Waals surface area contributed by atoms with E-state index in [1.807, 2.05) is 24.3 Å². The zero-order valence-electron chi connectivity index (χ0n) is 9.52. The van der Waals surface area contributed by atoms with Crippen LogP contribution in [0.2, 0.25) is 0 Å². The molecule has 0 aliphatic carbocycles. The summed E-state index contributed by atoms with van der Waals surface area (Å²) in [5.41, 5.74) is 4.03. The van der Waals surface area contributed by atoms with Gasteiger partial charge < -0.3 is 0 Å². The van der Waals surface area contributed by atoms with Crippen LogP contribution in [0.3, 0.4) is 0 Å². The molecule has 0 saturated heterocycles. The van der Waals surface area contributed by atoms with Crippen LogP contribution in [-0.2, 0) is 0 Å². The fourth-order valence-electron chi connectivity index (χ4n) is 1.76. The van der Waals surface area contributed by atoms with E-state index < -0.39 is 0 Å². The lowest BCUT2D eigenvalue weighted by molar-refractivity contribution is 1.12. The minimum Gasteiger partial charge on any atom is -0.192 e. The lowest BCUT2D eigenvalue weighted by Crippen LogP contribution is -1.86. The third kappa shape index (κ3) is 2.57. The molecule has 0 amide bonds. The molecular formula is C15H12BrN. The lowest BCUT2D eigenvalue weighted by Gasteiger charge is -2.07. The molecule has 2 heteroatoms. The summed E-state index contributed by atoms with van der Waals surface area (Å²) in [6.07, 6.45) is 0. The standard InChI is InChI=1S/C15H12BrN/c1-11(16)12-6-8-13(9-7-12)15-5-3-2-4-14(15)10-17/h2-9,11H,1H3/t11-/m1/s1. The fraction of sp³-hybridized carbons (Fsp3) is 0.133. The number of hydrogen-bond donors (Lipinski definition) is 0. The summed E-state index contributed by atoms with van der Waals surface area (Å²) in [7, 11) is 0. The van der Waals surface area contributed by atoms with E-state index in [1.54, 1.807) is 0 Å². The first-order chi connectivity index (χ1) is 8.22. The molecule has 0 bridgehead atoms. The highest BCUT2D eigenvalue weighted by atomic mass is 79.9. The summed E-state index contributed by atoms with van der Waals surface area (Å²) in [5.74, 6) is 0. The van der Waals surface area contributed by atoms with Crippen LogP contribution in [0.15, 0.2) is 48.5 Å². The van der Waals surface area contributed by atoms with E-state index in [0.717, 1.165) is 11.1 Å². The first-order valence-electron chi connectivity index (χ1n) is 5.46. The second kappa shape index (κ2) is 5.16. The Morgan fingerprint density at radius 1 is 1.06 bits per heavy atom. The Balaban J connectivity index is 2.44. The van der Waals surface area contributed by atoms with Gasteiger partial charge in [0, 0.05) is 4.83 Å². The molecule has 2 aromatic carbocycles. The Labute approximate surface area is 110 Å². The summed E-state index contributed by atoms with van der Waals surface area (Å²) in [5, 5.41) is 9.07. The van der Waals surface area contributed by atoms with Crippen molar-refractivity contribution < 1.29 is 0 Å². The predicted molar refractivity (Wildman–Crippen MR) is 73.9 cm³/mol. The summed E-state index contributed by atoms with van der Waals surface area (Å²) < 4.78 is 0. The number of rotatable bonds is 2. The molecular weight excluding hydrogens is 274 g/mol. The Morgan fingerprint density at radius 2 is 1.71 bits per heavy atom. The summed E-state index contributed by atoms with van der Waals surface area (Å²) >= 11 is 3.54. The van der Waals surface area contributed by atoms with Crippen LogP contribution < -0.4 is 0 Å². The first-order valence-corrected chi connectivity index (χ1v) is 6.37. The van der Waals surface area contributed by atoms with Gasteiger partial charge in [0.15, 0.2) is 0 Å². The Hall–Kier alpha value is -1.59. The third-order valence-corrected chi connectivity index (χ3v) is 3.26. The van der Waals surface area contributed by atoms with Crippen molar-refractivity contribution in [3.8, 4) is 17.2 Å². The Bertz CT molecular complexity index is 550. The minimum atomic E-state index is 0.350. The summed E-state index contributed by atoms with van der Waals surface area (Å²) in [6, 6.07) is 18.2. The Morgan fingerprint density at radius 3 is 2.29 bits per heavy atom. The molecule has 0 N–H and O–H groups in total. The number of hydrogen-bond acceptors (Lipinski definition) is 1. The molecule has 1 atom stereocenters. The van der Waals surface area contributed by atoms with Gasteiger partial charge in [0.1, 0.15) is 0 Å². The maximum atomic E-state index is 9.07. The second-order valence-corrected chi connectivity index (χ2v) is 5.27. The largest absolute Gasteiger partial charge is 0.192 e. The molecule has 0 aliphatic heterocycles. The topological polar surface area (TPSA) is 23.8 Å². The summed E-state index contributed by atoms with van der Waals surface area (Å²) in [6.45, 7) is 2.10. The van der Waals surface area contributed by atoms with Crippen LogP contribution >= 0.6 is 15.9 Å². The van der Waals surface area contributed by atoms with Crippen molar-refractivity contribution in [3.05, 3.63) is 59.7 Å². The normalized spacial score (nSPS) is 11.8. The molecule has 0 aromatic heterocycles. The lowest BCUT2D eigenvalue weighted by atomic mass is 9.99. The average molecular weight is 286 g/mol. The molecule has 0 aliphatic rings.